The van der Waals surface area contributed by atoms with Gasteiger partial charge >= 0.3 is 6.18 Å². The number of nitrogens with one attached hydrogen (secondary N) is 1. The predicted molar refractivity (Wildman–Crippen MR) is 87.2 cm³/mol. The fourth-order valence-corrected chi connectivity index (χ4v) is 2.45. The van der Waals surface area contributed by atoms with E-state index in [1.807, 2.05) is 0 Å². The highest BCUT2D eigenvalue weighted by molar-refractivity contribution is 5.95. The number of anilines is 2. The molecule has 0 aliphatic rings. The zero-order valence-corrected chi connectivity index (χ0v) is 13.1. The van der Waals surface area contributed by atoms with E-state index < -0.39 is 12.2 Å². The summed E-state index contributed by atoms with van der Waals surface area (Å²) in [5.74, 6) is 0.111. The molecular formula is C16H14F3N5O. The normalized spacial score (nSPS) is 12.8. The number of halogens is 3. The minimum absolute atomic E-state index is 0.0760. The molecule has 9 heteroatoms. The Labute approximate surface area is 140 Å². The number of pyridine rings is 1. The Kier molecular flexibility index (Phi) is 4.30. The predicted octanol–water partition coefficient (Wildman–Crippen LogP) is 3.33. The summed E-state index contributed by atoms with van der Waals surface area (Å²) in [5, 5.41) is 2.70. The van der Waals surface area contributed by atoms with E-state index in [0.29, 0.717) is 16.7 Å². The molecule has 6 nitrogen and oxygen atoms in total. The van der Waals surface area contributed by atoms with Gasteiger partial charge in [-0.1, -0.05) is 12.1 Å². The standard InChI is InChI=1S/C16H14F3N5O/c1-25-11-7-4-6-9-12(11)14(24-15(20)22-9)23-13(16(17,18)19)10-5-2-3-8-21-10/h2-8,13H,1H3,(H3,20,22,23,24)/t13-/m1/s1. The summed E-state index contributed by atoms with van der Waals surface area (Å²) in [6.07, 6.45) is -3.30. The molecule has 25 heavy (non-hydrogen) atoms. The van der Waals surface area contributed by atoms with Gasteiger partial charge in [0.1, 0.15) is 11.6 Å². The van der Waals surface area contributed by atoms with Gasteiger partial charge in [-0.2, -0.15) is 18.2 Å². The van der Waals surface area contributed by atoms with Gasteiger partial charge in [-0.25, -0.2) is 4.98 Å². The number of hydrogen-bond donors (Lipinski definition) is 2. The van der Waals surface area contributed by atoms with Crippen LogP contribution in [0.1, 0.15) is 11.7 Å². The van der Waals surface area contributed by atoms with Crippen LogP contribution in [-0.2, 0) is 0 Å². The lowest BCUT2D eigenvalue weighted by molar-refractivity contribution is -0.144. The second-order valence-corrected chi connectivity index (χ2v) is 5.16. The van der Waals surface area contributed by atoms with E-state index in [1.54, 1.807) is 18.2 Å². The van der Waals surface area contributed by atoms with E-state index in [4.69, 9.17) is 10.5 Å². The van der Waals surface area contributed by atoms with Crippen LogP contribution in [0.25, 0.3) is 10.9 Å². The van der Waals surface area contributed by atoms with Crippen molar-refractivity contribution in [1.29, 1.82) is 0 Å². The molecule has 0 aliphatic heterocycles. The van der Waals surface area contributed by atoms with E-state index in [-0.39, 0.29) is 17.5 Å². The second kappa shape index (κ2) is 6.42. The molecular weight excluding hydrogens is 335 g/mol. The maximum Gasteiger partial charge on any atom is 0.414 e. The van der Waals surface area contributed by atoms with E-state index in [0.717, 1.165) is 0 Å². The molecule has 3 rings (SSSR count). The van der Waals surface area contributed by atoms with Gasteiger partial charge in [-0.15, -0.1) is 0 Å². The summed E-state index contributed by atoms with van der Waals surface area (Å²) in [6, 6.07) is 7.14. The van der Waals surface area contributed by atoms with Gasteiger partial charge in [-0.05, 0) is 24.3 Å². The number of nitrogens with two attached hydrogens (primary N) is 1. The summed E-state index contributed by atoms with van der Waals surface area (Å²) in [5.41, 5.74) is 5.83. The molecule has 0 aliphatic carbocycles. The summed E-state index contributed by atoms with van der Waals surface area (Å²) < 4.78 is 45.9. The minimum atomic E-state index is -4.59. The number of ether oxygens (including phenoxy) is 1. The lowest BCUT2D eigenvalue weighted by Crippen LogP contribution is -2.29. The molecule has 1 atom stereocenters. The van der Waals surface area contributed by atoms with E-state index in [1.165, 1.54) is 31.5 Å². The van der Waals surface area contributed by atoms with Gasteiger partial charge in [0.05, 0.1) is 23.7 Å². The molecule has 3 N–H and O–H groups in total. The Morgan fingerprint density at radius 2 is 1.92 bits per heavy atom. The summed E-state index contributed by atoms with van der Waals surface area (Å²) in [7, 11) is 1.41. The molecule has 3 aromatic rings. The maximum atomic E-state index is 13.6. The Hall–Kier alpha value is -3.10. The lowest BCUT2D eigenvalue weighted by Gasteiger charge is -2.22. The van der Waals surface area contributed by atoms with Crippen LogP contribution < -0.4 is 15.8 Å². The van der Waals surface area contributed by atoms with Gasteiger partial charge in [-0.3, -0.25) is 4.98 Å². The lowest BCUT2D eigenvalue weighted by atomic mass is 10.1. The van der Waals surface area contributed by atoms with Crippen molar-refractivity contribution in [2.45, 2.75) is 12.2 Å². The highest BCUT2D eigenvalue weighted by Gasteiger charge is 2.42. The van der Waals surface area contributed by atoms with Crippen LogP contribution in [0.2, 0.25) is 0 Å². The number of hydrogen-bond acceptors (Lipinski definition) is 6. The molecule has 2 aromatic heterocycles. The number of rotatable bonds is 4. The molecule has 1 aromatic carbocycles. The van der Waals surface area contributed by atoms with Gasteiger partial charge in [0.2, 0.25) is 5.95 Å². The Morgan fingerprint density at radius 1 is 1.12 bits per heavy atom. The molecule has 0 fully saturated rings. The number of alkyl halides is 3. The summed E-state index contributed by atoms with van der Waals surface area (Å²) in [6.45, 7) is 0. The van der Waals surface area contributed by atoms with Crippen molar-refractivity contribution in [3.63, 3.8) is 0 Å². The smallest absolute Gasteiger partial charge is 0.414 e. The van der Waals surface area contributed by atoms with Crippen molar-refractivity contribution >= 4 is 22.7 Å². The Bertz CT molecular complexity index is 886. The van der Waals surface area contributed by atoms with E-state index in [2.05, 4.69) is 20.3 Å². The quantitative estimate of drug-likeness (QED) is 0.751. The van der Waals surface area contributed by atoms with Gasteiger partial charge in [0.25, 0.3) is 0 Å². The molecule has 130 valence electrons. The molecule has 0 saturated heterocycles. The van der Waals surface area contributed by atoms with Crippen molar-refractivity contribution in [2.24, 2.45) is 0 Å². The topological polar surface area (TPSA) is 86.0 Å². The van der Waals surface area contributed by atoms with E-state index in [9.17, 15) is 13.2 Å². The van der Waals surface area contributed by atoms with Crippen LogP contribution in [0.3, 0.4) is 0 Å². The van der Waals surface area contributed by atoms with E-state index >= 15 is 0 Å². The van der Waals surface area contributed by atoms with Crippen LogP contribution in [0.5, 0.6) is 5.75 Å². The largest absolute Gasteiger partial charge is 0.496 e. The fourth-order valence-electron chi connectivity index (χ4n) is 2.45. The zero-order valence-electron chi connectivity index (χ0n) is 13.1. The molecule has 0 unspecified atom stereocenters. The Balaban J connectivity index is 2.15. The van der Waals surface area contributed by atoms with Crippen LogP contribution >= 0.6 is 0 Å². The molecule has 0 amide bonds. The number of benzene rings is 1. The number of methoxy groups -OCH3 is 1. The zero-order chi connectivity index (χ0) is 18.0. The molecule has 0 bridgehead atoms. The van der Waals surface area contributed by atoms with Crippen molar-refractivity contribution < 1.29 is 17.9 Å². The van der Waals surface area contributed by atoms with Crippen molar-refractivity contribution in [1.82, 2.24) is 15.0 Å². The number of aromatic nitrogens is 3. The van der Waals surface area contributed by atoms with Gasteiger partial charge < -0.3 is 15.8 Å². The highest BCUT2D eigenvalue weighted by atomic mass is 19.4. The molecule has 0 radical (unpaired) electrons. The average Bonchev–Trinajstić information content (AvgIpc) is 2.58. The minimum Gasteiger partial charge on any atom is -0.496 e. The third-order valence-electron chi connectivity index (χ3n) is 3.51. The van der Waals surface area contributed by atoms with Crippen LogP contribution in [0, 0.1) is 0 Å². The monoisotopic (exact) mass is 349 g/mol. The van der Waals surface area contributed by atoms with Crippen LogP contribution in [-0.4, -0.2) is 28.2 Å². The maximum absolute atomic E-state index is 13.6. The van der Waals surface area contributed by atoms with Crippen molar-refractivity contribution in [3.05, 3.63) is 48.3 Å². The number of fused-ring (bicyclic) bond motifs is 1. The third kappa shape index (κ3) is 3.39. The second-order valence-electron chi connectivity index (χ2n) is 5.16. The van der Waals surface area contributed by atoms with Crippen LogP contribution in [0.15, 0.2) is 42.6 Å². The first-order valence-corrected chi connectivity index (χ1v) is 7.24. The first kappa shape index (κ1) is 16.7. The van der Waals surface area contributed by atoms with Crippen molar-refractivity contribution in [2.75, 3.05) is 18.2 Å². The third-order valence-corrected chi connectivity index (χ3v) is 3.51. The number of nitrogens with zero attached hydrogens (tertiary/aromatic N) is 3. The van der Waals surface area contributed by atoms with Crippen LogP contribution in [0.4, 0.5) is 24.9 Å². The summed E-state index contributed by atoms with van der Waals surface area (Å²) >= 11 is 0. The highest BCUT2D eigenvalue weighted by Crippen LogP contribution is 2.38. The van der Waals surface area contributed by atoms with Gasteiger partial charge in [0, 0.05) is 6.20 Å². The molecule has 0 spiro atoms. The molecule has 0 saturated carbocycles. The first-order chi connectivity index (χ1) is 11.9. The van der Waals surface area contributed by atoms with Crippen molar-refractivity contribution in [3.8, 4) is 5.75 Å². The van der Waals surface area contributed by atoms with Gasteiger partial charge in [0.15, 0.2) is 6.04 Å². The fraction of sp³-hybridized carbons (Fsp3) is 0.188. The number of nitrogen functional groups attached to an aromatic ring is 1. The first-order valence-electron chi connectivity index (χ1n) is 7.24. The molecule has 2 heterocycles. The Morgan fingerprint density at radius 3 is 2.56 bits per heavy atom. The average molecular weight is 349 g/mol. The summed E-state index contributed by atoms with van der Waals surface area (Å²) in [4.78, 5) is 11.8. The SMILES string of the molecule is COc1cccc2nc(N)nc(N[C@H](c3ccccn3)C(F)(F)F)c12.